The van der Waals surface area contributed by atoms with Gasteiger partial charge in [-0.25, -0.2) is 0 Å². The molecule has 0 spiro atoms. The van der Waals surface area contributed by atoms with Crippen molar-refractivity contribution < 1.29 is 9.84 Å². The van der Waals surface area contributed by atoms with E-state index in [-0.39, 0.29) is 11.7 Å². The van der Waals surface area contributed by atoms with E-state index >= 15 is 0 Å². The third-order valence-electron chi connectivity index (χ3n) is 2.33. The van der Waals surface area contributed by atoms with Crippen LogP contribution >= 0.6 is 0 Å². The van der Waals surface area contributed by atoms with E-state index in [0.717, 1.165) is 11.6 Å². The van der Waals surface area contributed by atoms with Gasteiger partial charge in [0.15, 0.2) is 0 Å². The van der Waals surface area contributed by atoms with E-state index in [9.17, 15) is 9.90 Å². The lowest BCUT2D eigenvalue weighted by molar-refractivity contribution is 0.128. The number of hydrogen-bond acceptors (Lipinski definition) is 4. The Bertz CT molecular complexity index is 551. The van der Waals surface area contributed by atoms with Crippen molar-refractivity contribution in [3.8, 4) is 5.88 Å². The predicted molar refractivity (Wildman–Crippen MR) is 61.8 cm³/mol. The van der Waals surface area contributed by atoms with Gasteiger partial charge in [-0.3, -0.25) is 4.79 Å². The third kappa shape index (κ3) is 2.51. The number of rotatable bonds is 3. The van der Waals surface area contributed by atoms with Crippen LogP contribution in [-0.4, -0.2) is 22.2 Å². The molecule has 2 N–H and O–H groups in total. The second-order valence-corrected chi connectivity index (χ2v) is 3.52. The van der Waals surface area contributed by atoms with Gasteiger partial charge in [-0.2, -0.15) is 4.98 Å². The summed E-state index contributed by atoms with van der Waals surface area (Å²) in [6.45, 7) is 0. The Morgan fingerprint density at radius 1 is 1.35 bits per heavy atom. The first-order chi connectivity index (χ1) is 8.20. The number of aromatic amines is 1. The van der Waals surface area contributed by atoms with E-state index in [1.54, 1.807) is 0 Å². The number of benzene rings is 1. The molecule has 2 rings (SSSR count). The van der Waals surface area contributed by atoms with Crippen LogP contribution in [0.15, 0.2) is 41.2 Å². The monoisotopic (exact) mass is 232 g/mol. The molecule has 0 saturated heterocycles. The molecule has 0 amide bonds. The van der Waals surface area contributed by atoms with Crippen LogP contribution < -0.4 is 5.56 Å². The molecule has 0 radical (unpaired) electrons. The van der Waals surface area contributed by atoms with Gasteiger partial charge in [-0.1, -0.05) is 30.3 Å². The fourth-order valence-corrected chi connectivity index (χ4v) is 1.62. The maximum absolute atomic E-state index is 11.3. The van der Waals surface area contributed by atoms with E-state index in [1.165, 1.54) is 7.11 Å². The summed E-state index contributed by atoms with van der Waals surface area (Å²) >= 11 is 0. The van der Waals surface area contributed by atoms with Gasteiger partial charge < -0.3 is 14.8 Å². The van der Waals surface area contributed by atoms with E-state index in [0.29, 0.717) is 0 Å². The zero-order valence-electron chi connectivity index (χ0n) is 9.25. The number of aromatic nitrogens is 2. The zero-order chi connectivity index (χ0) is 12.3. The molecule has 0 aliphatic rings. The lowest BCUT2D eigenvalue weighted by Gasteiger charge is -2.14. The molecule has 88 valence electrons. The minimum absolute atomic E-state index is 0.281. The van der Waals surface area contributed by atoms with Gasteiger partial charge in [0.25, 0.3) is 5.56 Å². The summed E-state index contributed by atoms with van der Waals surface area (Å²) in [5, 5.41) is 9.30. The Morgan fingerprint density at radius 3 is 2.65 bits per heavy atom. The highest BCUT2D eigenvalue weighted by molar-refractivity contribution is 5.23. The normalized spacial score (nSPS) is 12.3. The van der Waals surface area contributed by atoms with Gasteiger partial charge in [0.05, 0.1) is 6.07 Å². The van der Waals surface area contributed by atoms with Crippen LogP contribution in [-0.2, 0) is 4.74 Å². The molecular formula is C12H12N2O3. The molecule has 0 aliphatic carbocycles. The van der Waals surface area contributed by atoms with Crippen molar-refractivity contribution in [2.45, 2.75) is 6.10 Å². The minimum atomic E-state index is -0.504. The van der Waals surface area contributed by atoms with Crippen molar-refractivity contribution in [3.05, 3.63) is 58.1 Å². The Labute approximate surface area is 97.7 Å². The smallest absolute Gasteiger partial charge is 0.254 e. The van der Waals surface area contributed by atoms with Gasteiger partial charge >= 0.3 is 0 Å². The van der Waals surface area contributed by atoms with Crippen molar-refractivity contribution in [1.29, 1.82) is 0 Å². The van der Waals surface area contributed by atoms with Gasteiger partial charge in [-0.05, 0) is 5.56 Å². The molecule has 1 heterocycles. The summed E-state index contributed by atoms with van der Waals surface area (Å²) in [5.74, 6) is -0.0366. The van der Waals surface area contributed by atoms with Crippen LogP contribution in [0, 0.1) is 0 Å². The van der Waals surface area contributed by atoms with Crippen LogP contribution in [0.5, 0.6) is 5.88 Å². The van der Waals surface area contributed by atoms with Crippen molar-refractivity contribution in [2.24, 2.45) is 0 Å². The number of aromatic hydroxyl groups is 1. The Balaban J connectivity index is 2.46. The standard InChI is InChI=1S/C12H12N2O3/c1-17-11(8-5-3-2-4-6-8)12-13-9(15)7-10(16)14-12/h2-7,11H,1H3,(H2,13,14,15,16). The average Bonchev–Trinajstić information content (AvgIpc) is 2.30. The summed E-state index contributed by atoms with van der Waals surface area (Å²) < 4.78 is 5.29. The molecule has 5 heteroatoms. The topological polar surface area (TPSA) is 75.2 Å². The molecule has 1 aromatic heterocycles. The predicted octanol–water partition coefficient (Wildman–Crippen LogP) is 1.21. The average molecular weight is 232 g/mol. The SMILES string of the molecule is COC(c1ccccc1)c1nc(O)cc(=O)[nH]1. The highest BCUT2D eigenvalue weighted by Crippen LogP contribution is 2.22. The Kier molecular flexibility index (Phi) is 3.20. The van der Waals surface area contributed by atoms with Gasteiger partial charge in [0.1, 0.15) is 11.9 Å². The quantitative estimate of drug-likeness (QED) is 0.834. The molecule has 0 fully saturated rings. The van der Waals surface area contributed by atoms with Crippen molar-refractivity contribution >= 4 is 0 Å². The molecule has 0 bridgehead atoms. The number of ether oxygens (including phenoxy) is 1. The number of nitrogens with one attached hydrogen (secondary N) is 1. The minimum Gasteiger partial charge on any atom is -0.493 e. The maximum atomic E-state index is 11.3. The molecular weight excluding hydrogens is 220 g/mol. The molecule has 1 atom stereocenters. The molecule has 5 nitrogen and oxygen atoms in total. The summed E-state index contributed by atoms with van der Waals surface area (Å²) in [4.78, 5) is 17.7. The number of hydrogen-bond donors (Lipinski definition) is 2. The van der Waals surface area contributed by atoms with Crippen LogP contribution in [0.2, 0.25) is 0 Å². The molecule has 2 aromatic rings. The first-order valence-corrected chi connectivity index (χ1v) is 5.08. The zero-order valence-corrected chi connectivity index (χ0v) is 9.25. The number of nitrogens with zero attached hydrogens (tertiary/aromatic N) is 1. The van der Waals surface area contributed by atoms with Crippen molar-refractivity contribution in [2.75, 3.05) is 7.11 Å². The summed E-state index contributed by atoms with van der Waals surface area (Å²) in [5.41, 5.74) is 0.439. The second kappa shape index (κ2) is 4.80. The van der Waals surface area contributed by atoms with E-state index in [4.69, 9.17) is 4.74 Å². The largest absolute Gasteiger partial charge is 0.493 e. The van der Waals surface area contributed by atoms with E-state index < -0.39 is 11.7 Å². The Hall–Kier alpha value is -2.14. The fourth-order valence-electron chi connectivity index (χ4n) is 1.62. The highest BCUT2D eigenvalue weighted by atomic mass is 16.5. The second-order valence-electron chi connectivity index (χ2n) is 3.52. The lowest BCUT2D eigenvalue weighted by Crippen LogP contribution is -2.15. The van der Waals surface area contributed by atoms with E-state index in [1.807, 2.05) is 30.3 Å². The summed E-state index contributed by atoms with van der Waals surface area (Å²) in [6, 6.07) is 10.3. The number of H-pyrrole nitrogens is 1. The van der Waals surface area contributed by atoms with Crippen molar-refractivity contribution in [1.82, 2.24) is 9.97 Å². The number of methoxy groups -OCH3 is 1. The first kappa shape index (κ1) is 11.3. The van der Waals surface area contributed by atoms with Gasteiger partial charge in [0, 0.05) is 7.11 Å². The fraction of sp³-hybridized carbons (Fsp3) is 0.167. The lowest BCUT2D eigenvalue weighted by atomic mass is 10.1. The van der Waals surface area contributed by atoms with E-state index in [2.05, 4.69) is 9.97 Å². The first-order valence-electron chi connectivity index (χ1n) is 5.08. The van der Waals surface area contributed by atoms with Gasteiger partial charge in [0.2, 0.25) is 5.88 Å². The summed E-state index contributed by atoms with van der Waals surface area (Å²) in [6.07, 6.45) is -0.504. The van der Waals surface area contributed by atoms with Crippen LogP contribution in [0.1, 0.15) is 17.5 Å². The van der Waals surface area contributed by atoms with Gasteiger partial charge in [-0.15, -0.1) is 0 Å². The van der Waals surface area contributed by atoms with Crippen LogP contribution in [0.25, 0.3) is 0 Å². The molecule has 0 aliphatic heterocycles. The molecule has 1 aromatic carbocycles. The Morgan fingerprint density at radius 2 is 2.06 bits per heavy atom. The summed E-state index contributed by atoms with van der Waals surface area (Å²) in [7, 11) is 1.52. The molecule has 0 saturated carbocycles. The highest BCUT2D eigenvalue weighted by Gasteiger charge is 2.16. The van der Waals surface area contributed by atoms with Crippen molar-refractivity contribution in [3.63, 3.8) is 0 Å². The molecule has 17 heavy (non-hydrogen) atoms. The van der Waals surface area contributed by atoms with Crippen LogP contribution in [0.4, 0.5) is 0 Å². The maximum Gasteiger partial charge on any atom is 0.254 e. The molecule has 1 unspecified atom stereocenters. The third-order valence-corrected chi connectivity index (χ3v) is 2.33. The van der Waals surface area contributed by atoms with Crippen LogP contribution in [0.3, 0.4) is 0 Å².